The van der Waals surface area contributed by atoms with Crippen LogP contribution in [0.3, 0.4) is 0 Å². The number of aromatic nitrogens is 2. The number of benzene rings is 4. The molecule has 4 heterocycles. The number of methoxy groups -OCH3 is 3. The number of piperazine rings is 2. The van der Waals surface area contributed by atoms with Crippen molar-refractivity contribution in [2.75, 3.05) is 83.5 Å². The predicted octanol–water partition coefficient (Wildman–Crippen LogP) is 10.1. The van der Waals surface area contributed by atoms with Gasteiger partial charge in [-0.3, -0.25) is 0 Å². The Kier molecular flexibility index (Phi) is 16.6. The standard InChI is InChI=1S/C23H25Cl2N3O5S2.C23H25Cl2N3O2S2/c1-31-20-9-15(10-21(32-2)22(20)33-3)8-18-14-34-23(26-18)27-4-6-28(7-5-27)35(29,30)19-12-16(24)11-17(25)13-19;1-15-8-16(2)22(17(3)9-15)13-20-14-31-23(26-20)27-4-6-28(7-5-27)32(29,30)21-11-18(24)10-19(25)12-21/h9-14H,4-8H2,1-3H3;8-12,14H,4-7,13H2,1-3H3. The highest BCUT2D eigenvalue weighted by Gasteiger charge is 2.32. The molecular formula is C46H50Cl4N6O7S4. The number of anilines is 2. The summed E-state index contributed by atoms with van der Waals surface area (Å²) in [6.45, 7) is 10.1. The van der Waals surface area contributed by atoms with Gasteiger partial charge in [-0.2, -0.15) is 8.61 Å². The Labute approximate surface area is 420 Å². The lowest BCUT2D eigenvalue weighted by molar-refractivity contribution is 0.324. The average molecular weight is 1070 g/mol. The number of halogens is 4. The molecule has 6 aromatic rings. The number of hydrogen-bond donors (Lipinski definition) is 0. The van der Waals surface area contributed by atoms with Crippen LogP contribution in [-0.2, 0) is 32.9 Å². The summed E-state index contributed by atoms with van der Waals surface area (Å²) in [5.74, 6) is 1.73. The highest BCUT2D eigenvalue weighted by Crippen LogP contribution is 2.39. The Balaban J connectivity index is 0.000000200. The summed E-state index contributed by atoms with van der Waals surface area (Å²) in [5.41, 5.74) is 8.10. The molecule has 2 fully saturated rings. The molecule has 0 N–H and O–H groups in total. The topological polar surface area (TPSA) is 135 Å². The molecule has 0 saturated carbocycles. The van der Waals surface area contributed by atoms with Gasteiger partial charge in [-0.05, 0) is 91.6 Å². The molecule has 0 spiro atoms. The molecule has 21 heteroatoms. The number of rotatable bonds is 13. The fourth-order valence-corrected chi connectivity index (χ4v) is 14.1. The van der Waals surface area contributed by atoms with Gasteiger partial charge < -0.3 is 24.0 Å². The first-order valence-corrected chi connectivity index (χ1v) is 27.2. The molecule has 0 amide bonds. The van der Waals surface area contributed by atoms with Crippen LogP contribution in [-0.4, -0.2) is 109 Å². The van der Waals surface area contributed by atoms with Crippen molar-refractivity contribution < 1.29 is 31.0 Å². The van der Waals surface area contributed by atoms with E-state index < -0.39 is 20.0 Å². The molecular weight excluding hydrogens is 1020 g/mol. The van der Waals surface area contributed by atoms with Crippen molar-refractivity contribution in [3.63, 3.8) is 0 Å². The molecule has 0 atom stereocenters. The van der Waals surface area contributed by atoms with E-state index in [1.54, 1.807) is 32.7 Å². The van der Waals surface area contributed by atoms with Gasteiger partial charge in [-0.1, -0.05) is 64.1 Å². The minimum Gasteiger partial charge on any atom is -0.493 e. The zero-order valence-corrected chi connectivity index (χ0v) is 44.0. The van der Waals surface area contributed by atoms with Crippen molar-refractivity contribution >= 4 is 99.4 Å². The van der Waals surface area contributed by atoms with Gasteiger partial charge in [-0.15, -0.1) is 22.7 Å². The minimum absolute atomic E-state index is 0.102. The van der Waals surface area contributed by atoms with Crippen molar-refractivity contribution in [3.8, 4) is 17.2 Å². The van der Waals surface area contributed by atoms with E-state index in [-0.39, 0.29) is 19.8 Å². The van der Waals surface area contributed by atoms with E-state index in [1.807, 2.05) is 17.5 Å². The lowest BCUT2D eigenvalue weighted by Crippen LogP contribution is -2.48. The Hall–Kier alpha value is -3.88. The van der Waals surface area contributed by atoms with E-state index in [0.717, 1.165) is 33.6 Å². The molecule has 2 aliphatic heterocycles. The second-order valence-corrected chi connectivity index (χ2v) is 23.3. The van der Waals surface area contributed by atoms with Gasteiger partial charge in [0.2, 0.25) is 25.8 Å². The van der Waals surface area contributed by atoms with Gasteiger partial charge in [0.25, 0.3) is 0 Å². The SMILES string of the molecule is COc1cc(Cc2csc(N3CCN(S(=O)(=O)c4cc(Cl)cc(Cl)c4)CC3)n2)cc(OC)c1OC.Cc1cc(C)c(Cc2csc(N3CCN(S(=O)(=O)c4cc(Cl)cc(Cl)c4)CC3)n2)c(C)c1. The van der Waals surface area contributed by atoms with E-state index in [9.17, 15) is 16.8 Å². The Bertz CT molecular complexity index is 2870. The van der Waals surface area contributed by atoms with E-state index in [4.69, 9.17) is 70.6 Å². The van der Waals surface area contributed by atoms with E-state index >= 15 is 0 Å². The number of hydrogen-bond acceptors (Lipinski definition) is 13. The Morgan fingerprint density at radius 2 is 0.925 bits per heavy atom. The van der Waals surface area contributed by atoms with Crippen LogP contribution in [0.5, 0.6) is 17.2 Å². The second-order valence-electron chi connectivity index (χ2n) is 16.0. The first-order valence-electron chi connectivity index (χ1n) is 21.0. The maximum Gasteiger partial charge on any atom is 0.243 e. The molecule has 0 unspecified atom stereocenters. The molecule has 0 aliphatic carbocycles. The zero-order chi connectivity index (χ0) is 48.2. The Morgan fingerprint density at radius 1 is 0.537 bits per heavy atom. The van der Waals surface area contributed by atoms with Gasteiger partial charge in [0, 0.05) is 96.1 Å². The van der Waals surface area contributed by atoms with Crippen molar-refractivity contribution in [2.45, 2.75) is 43.4 Å². The highest BCUT2D eigenvalue weighted by atomic mass is 35.5. The number of nitrogens with zero attached hydrogens (tertiary/aromatic N) is 6. The molecule has 8 rings (SSSR count). The van der Waals surface area contributed by atoms with Crippen molar-refractivity contribution in [1.29, 1.82) is 0 Å². The van der Waals surface area contributed by atoms with Crippen LogP contribution in [0.25, 0.3) is 0 Å². The van der Waals surface area contributed by atoms with Gasteiger partial charge in [0.05, 0.1) is 42.5 Å². The molecule has 2 aliphatic rings. The summed E-state index contributed by atoms with van der Waals surface area (Å²) in [6.07, 6.45) is 1.40. The first-order chi connectivity index (χ1) is 31.9. The lowest BCUT2D eigenvalue weighted by atomic mass is 9.96. The lowest BCUT2D eigenvalue weighted by Gasteiger charge is -2.33. The van der Waals surface area contributed by atoms with E-state index in [1.165, 1.54) is 78.6 Å². The van der Waals surface area contributed by atoms with Crippen molar-refractivity contribution in [3.05, 3.63) is 131 Å². The molecule has 67 heavy (non-hydrogen) atoms. The third-order valence-electron chi connectivity index (χ3n) is 11.4. The summed E-state index contributed by atoms with van der Waals surface area (Å²) in [6, 6.07) is 17.0. The molecule has 0 bridgehead atoms. The minimum atomic E-state index is -3.68. The fourth-order valence-electron chi connectivity index (χ4n) is 8.05. The van der Waals surface area contributed by atoms with Crippen molar-refractivity contribution in [1.82, 2.24) is 18.6 Å². The van der Waals surface area contributed by atoms with E-state index in [0.29, 0.717) is 86.1 Å². The molecule has 13 nitrogen and oxygen atoms in total. The van der Waals surface area contributed by atoms with Crippen LogP contribution in [0.15, 0.2) is 81.2 Å². The van der Waals surface area contributed by atoms with Crippen LogP contribution in [0.1, 0.15) is 39.2 Å². The first kappa shape index (κ1) is 51.0. The van der Waals surface area contributed by atoms with Crippen LogP contribution in [0.2, 0.25) is 20.1 Å². The summed E-state index contributed by atoms with van der Waals surface area (Å²) in [7, 11) is -2.58. The van der Waals surface area contributed by atoms with E-state index in [2.05, 4.69) is 48.1 Å². The maximum absolute atomic E-state index is 13.0. The van der Waals surface area contributed by atoms with Crippen LogP contribution >= 0.6 is 69.1 Å². The van der Waals surface area contributed by atoms with Gasteiger partial charge in [-0.25, -0.2) is 26.8 Å². The largest absolute Gasteiger partial charge is 0.493 e. The third-order valence-corrected chi connectivity index (χ3v) is 17.9. The average Bonchev–Trinajstić information content (AvgIpc) is 3.97. The molecule has 2 saturated heterocycles. The third kappa shape index (κ3) is 12.1. The smallest absolute Gasteiger partial charge is 0.243 e. The van der Waals surface area contributed by atoms with Crippen molar-refractivity contribution in [2.24, 2.45) is 0 Å². The maximum atomic E-state index is 13.0. The monoisotopic (exact) mass is 1070 g/mol. The molecule has 2 aromatic heterocycles. The normalized spacial score (nSPS) is 15.0. The Morgan fingerprint density at radius 3 is 1.30 bits per heavy atom. The highest BCUT2D eigenvalue weighted by molar-refractivity contribution is 7.89. The van der Waals surface area contributed by atoms with Gasteiger partial charge in [0.15, 0.2) is 21.8 Å². The van der Waals surface area contributed by atoms with Crippen LogP contribution < -0.4 is 24.0 Å². The quantitative estimate of drug-likeness (QED) is 0.109. The molecule has 358 valence electrons. The van der Waals surface area contributed by atoms with Crippen LogP contribution in [0.4, 0.5) is 10.3 Å². The summed E-state index contributed by atoms with van der Waals surface area (Å²) < 4.78 is 71.3. The van der Waals surface area contributed by atoms with Gasteiger partial charge in [0.1, 0.15) is 0 Å². The second kappa shape index (κ2) is 21.8. The summed E-state index contributed by atoms with van der Waals surface area (Å²) in [4.78, 5) is 14.1. The van der Waals surface area contributed by atoms with Gasteiger partial charge >= 0.3 is 0 Å². The zero-order valence-electron chi connectivity index (χ0n) is 37.7. The fraction of sp³-hybridized carbons (Fsp3) is 0.348. The number of sulfonamides is 2. The number of ether oxygens (including phenoxy) is 3. The predicted molar refractivity (Wildman–Crippen MR) is 271 cm³/mol. The summed E-state index contributed by atoms with van der Waals surface area (Å²) >= 11 is 27.2. The summed E-state index contributed by atoms with van der Waals surface area (Å²) in [5, 5.41) is 7.10. The molecule has 4 aromatic carbocycles. The molecule has 0 radical (unpaired) electrons. The number of aryl methyl sites for hydroxylation is 3. The van der Waals surface area contributed by atoms with Crippen LogP contribution in [0, 0.1) is 20.8 Å². The number of thiazole rings is 2.